The number of likely N-dealkylation sites (tertiary alicyclic amines) is 1. The maximum absolute atomic E-state index is 2.76. The summed E-state index contributed by atoms with van der Waals surface area (Å²) in [6.07, 6.45) is 7.27. The molecule has 2 rings (SSSR count). The molecule has 13 heavy (non-hydrogen) atoms. The maximum atomic E-state index is 2.76. The van der Waals surface area contributed by atoms with E-state index in [2.05, 4.69) is 18.7 Å². The molecule has 2 aliphatic rings. The fraction of sp³-hybridized carbons (Fsp3) is 1.00. The van der Waals surface area contributed by atoms with Crippen molar-refractivity contribution in [3.63, 3.8) is 0 Å². The van der Waals surface area contributed by atoms with E-state index >= 15 is 0 Å². The van der Waals surface area contributed by atoms with Crippen LogP contribution >= 0.6 is 0 Å². The van der Waals surface area contributed by atoms with Crippen molar-refractivity contribution in [1.82, 2.24) is 4.90 Å². The first kappa shape index (κ1) is 9.51. The van der Waals surface area contributed by atoms with Gasteiger partial charge in [-0.2, -0.15) is 0 Å². The van der Waals surface area contributed by atoms with Crippen molar-refractivity contribution in [2.24, 2.45) is 11.8 Å². The first-order valence-electron chi connectivity index (χ1n) is 6.01. The van der Waals surface area contributed by atoms with E-state index in [0.29, 0.717) is 0 Å². The Hall–Kier alpha value is -0.0400. The quantitative estimate of drug-likeness (QED) is 0.601. The predicted molar refractivity (Wildman–Crippen MR) is 56.8 cm³/mol. The zero-order valence-electron chi connectivity index (χ0n) is 9.13. The van der Waals surface area contributed by atoms with Gasteiger partial charge in [-0.25, -0.2) is 0 Å². The molecule has 0 radical (unpaired) electrons. The molecule has 1 heterocycles. The van der Waals surface area contributed by atoms with Crippen LogP contribution in [0.3, 0.4) is 0 Å². The molecular weight excluding hydrogens is 158 g/mol. The third-order valence-electron chi connectivity index (χ3n) is 4.10. The highest BCUT2D eigenvalue weighted by Gasteiger charge is 2.30. The van der Waals surface area contributed by atoms with Gasteiger partial charge in [0.1, 0.15) is 0 Å². The predicted octanol–water partition coefficient (Wildman–Crippen LogP) is 2.91. The van der Waals surface area contributed by atoms with Gasteiger partial charge in [-0.3, -0.25) is 0 Å². The van der Waals surface area contributed by atoms with Crippen LogP contribution in [0.1, 0.15) is 46.0 Å². The molecular formula is C12H23N. The number of nitrogens with zero attached hydrogens (tertiary/aromatic N) is 1. The van der Waals surface area contributed by atoms with E-state index in [-0.39, 0.29) is 0 Å². The zero-order chi connectivity index (χ0) is 9.26. The molecule has 1 saturated carbocycles. The fourth-order valence-electron chi connectivity index (χ4n) is 3.03. The number of hydrogen-bond acceptors (Lipinski definition) is 1. The molecule has 1 saturated heterocycles. The highest BCUT2D eigenvalue weighted by Crippen LogP contribution is 2.31. The van der Waals surface area contributed by atoms with Gasteiger partial charge in [-0.05, 0) is 50.6 Å². The van der Waals surface area contributed by atoms with E-state index in [4.69, 9.17) is 0 Å². The minimum absolute atomic E-state index is 0.937. The Labute approximate surface area is 82.5 Å². The summed E-state index contributed by atoms with van der Waals surface area (Å²) < 4.78 is 0. The van der Waals surface area contributed by atoms with Crippen molar-refractivity contribution >= 4 is 0 Å². The highest BCUT2D eigenvalue weighted by atomic mass is 15.2. The Morgan fingerprint density at radius 3 is 2.15 bits per heavy atom. The summed E-state index contributed by atoms with van der Waals surface area (Å²) in [5, 5.41) is 0. The van der Waals surface area contributed by atoms with Crippen LogP contribution in [-0.4, -0.2) is 24.0 Å². The average Bonchev–Trinajstić information content (AvgIpc) is 2.53. The largest absolute Gasteiger partial charge is 0.300 e. The van der Waals surface area contributed by atoms with Gasteiger partial charge >= 0.3 is 0 Å². The summed E-state index contributed by atoms with van der Waals surface area (Å²) in [4.78, 5) is 2.76. The molecule has 2 unspecified atom stereocenters. The number of rotatable bonds is 1. The molecule has 1 nitrogen and oxygen atoms in total. The summed E-state index contributed by atoms with van der Waals surface area (Å²) in [5.74, 6) is 1.95. The lowest BCUT2D eigenvalue weighted by Crippen LogP contribution is -2.42. The Morgan fingerprint density at radius 2 is 1.62 bits per heavy atom. The van der Waals surface area contributed by atoms with E-state index in [0.717, 1.165) is 17.9 Å². The van der Waals surface area contributed by atoms with Crippen molar-refractivity contribution in [3.05, 3.63) is 0 Å². The highest BCUT2D eigenvalue weighted by molar-refractivity contribution is 4.85. The normalized spacial score (nSPS) is 38.3. The standard InChI is InChI=1S/C12H23N/c1-10-6-8-13(9-7-10)12-5-3-4-11(12)2/h10-12H,3-9H2,1-2H3. The first-order chi connectivity index (χ1) is 6.27. The molecule has 0 bridgehead atoms. The van der Waals surface area contributed by atoms with Crippen molar-refractivity contribution in [2.45, 2.75) is 52.0 Å². The van der Waals surface area contributed by atoms with Crippen LogP contribution in [0.5, 0.6) is 0 Å². The minimum atomic E-state index is 0.937. The molecule has 0 N–H and O–H groups in total. The summed E-state index contributed by atoms with van der Waals surface area (Å²) in [6.45, 7) is 7.58. The van der Waals surface area contributed by atoms with E-state index in [1.165, 1.54) is 45.2 Å². The van der Waals surface area contributed by atoms with Crippen LogP contribution in [0.25, 0.3) is 0 Å². The maximum Gasteiger partial charge on any atom is 0.0121 e. The van der Waals surface area contributed by atoms with Crippen molar-refractivity contribution in [2.75, 3.05) is 13.1 Å². The lowest BCUT2D eigenvalue weighted by Gasteiger charge is -2.36. The number of piperidine rings is 1. The Bertz CT molecular complexity index is 159. The van der Waals surface area contributed by atoms with Crippen LogP contribution in [0.4, 0.5) is 0 Å². The molecule has 2 fully saturated rings. The Balaban J connectivity index is 1.86. The molecule has 1 heteroatoms. The van der Waals surface area contributed by atoms with E-state index in [9.17, 15) is 0 Å². The van der Waals surface area contributed by atoms with Gasteiger partial charge in [0.15, 0.2) is 0 Å². The second kappa shape index (κ2) is 4.00. The van der Waals surface area contributed by atoms with Gasteiger partial charge < -0.3 is 4.90 Å². The first-order valence-corrected chi connectivity index (χ1v) is 6.01. The van der Waals surface area contributed by atoms with Crippen LogP contribution < -0.4 is 0 Å². The van der Waals surface area contributed by atoms with E-state index in [1.807, 2.05) is 0 Å². The lowest BCUT2D eigenvalue weighted by atomic mass is 9.95. The third kappa shape index (κ3) is 2.07. The molecule has 76 valence electrons. The average molecular weight is 181 g/mol. The van der Waals surface area contributed by atoms with Crippen molar-refractivity contribution in [3.8, 4) is 0 Å². The second-order valence-corrected chi connectivity index (χ2v) is 5.19. The molecule has 1 aliphatic heterocycles. The van der Waals surface area contributed by atoms with Crippen LogP contribution in [0.2, 0.25) is 0 Å². The molecule has 0 spiro atoms. The van der Waals surface area contributed by atoms with E-state index in [1.54, 1.807) is 0 Å². The van der Waals surface area contributed by atoms with Crippen LogP contribution in [0, 0.1) is 11.8 Å². The Kier molecular flexibility index (Phi) is 2.92. The molecule has 0 amide bonds. The Morgan fingerprint density at radius 1 is 0.923 bits per heavy atom. The molecule has 1 aliphatic carbocycles. The van der Waals surface area contributed by atoms with Gasteiger partial charge in [-0.15, -0.1) is 0 Å². The lowest BCUT2D eigenvalue weighted by molar-refractivity contribution is 0.117. The second-order valence-electron chi connectivity index (χ2n) is 5.19. The van der Waals surface area contributed by atoms with E-state index < -0.39 is 0 Å². The summed E-state index contributed by atoms with van der Waals surface area (Å²) in [6, 6.07) is 0.937. The molecule has 0 aromatic rings. The van der Waals surface area contributed by atoms with Gasteiger partial charge in [0.25, 0.3) is 0 Å². The fourth-order valence-corrected chi connectivity index (χ4v) is 3.03. The third-order valence-corrected chi connectivity index (χ3v) is 4.10. The van der Waals surface area contributed by atoms with Gasteiger partial charge in [-0.1, -0.05) is 20.3 Å². The minimum Gasteiger partial charge on any atom is -0.300 e. The summed E-state index contributed by atoms with van der Waals surface area (Å²) in [5.41, 5.74) is 0. The van der Waals surface area contributed by atoms with Gasteiger partial charge in [0, 0.05) is 6.04 Å². The smallest absolute Gasteiger partial charge is 0.0121 e. The van der Waals surface area contributed by atoms with Gasteiger partial charge in [0.2, 0.25) is 0 Å². The van der Waals surface area contributed by atoms with Crippen molar-refractivity contribution in [1.29, 1.82) is 0 Å². The van der Waals surface area contributed by atoms with Crippen LogP contribution in [0.15, 0.2) is 0 Å². The molecule has 0 aromatic heterocycles. The number of hydrogen-bond donors (Lipinski definition) is 0. The monoisotopic (exact) mass is 181 g/mol. The summed E-state index contributed by atoms with van der Waals surface area (Å²) >= 11 is 0. The van der Waals surface area contributed by atoms with Gasteiger partial charge in [0.05, 0.1) is 0 Å². The molecule has 0 aromatic carbocycles. The SMILES string of the molecule is CC1CCN(C2CCCC2C)CC1. The summed E-state index contributed by atoms with van der Waals surface area (Å²) in [7, 11) is 0. The van der Waals surface area contributed by atoms with Crippen LogP contribution in [-0.2, 0) is 0 Å². The molecule has 2 atom stereocenters. The zero-order valence-corrected chi connectivity index (χ0v) is 9.13. The van der Waals surface area contributed by atoms with Crippen molar-refractivity contribution < 1.29 is 0 Å². The topological polar surface area (TPSA) is 3.24 Å².